The van der Waals surface area contributed by atoms with Gasteiger partial charge in [0.15, 0.2) is 11.5 Å². The Morgan fingerprint density at radius 2 is 1.96 bits per heavy atom. The number of aromatic hydroxyl groups is 1. The minimum absolute atomic E-state index is 0.00997. The van der Waals surface area contributed by atoms with Crippen LogP contribution in [-0.2, 0) is 13.0 Å². The van der Waals surface area contributed by atoms with Crippen molar-refractivity contribution in [1.29, 1.82) is 0 Å². The minimum atomic E-state index is 0.00997. The molecule has 1 aliphatic heterocycles. The molecule has 0 unspecified atom stereocenters. The van der Waals surface area contributed by atoms with Crippen LogP contribution >= 0.6 is 0 Å². The number of methoxy groups -OCH3 is 2. The van der Waals surface area contributed by atoms with Crippen LogP contribution in [0.4, 0.5) is 0 Å². The van der Waals surface area contributed by atoms with Crippen molar-refractivity contribution in [1.82, 2.24) is 15.1 Å². The zero-order valence-electron chi connectivity index (χ0n) is 13.8. The molecular formula is C17H23N3O3. The van der Waals surface area contributed by atoms with E-state index in [1.807, 2.05) is 0 Å². The van der Waals surface area contributed by atoms with Crippen LogP contribution in [-0.4, -0.2) is 47.5 Å². The summed E-state index contributed by atoms with van der Waals surface area (Å²) in [5.41, 5.74) is 4.20. The van der Waals surface area contributed by atoms with Crippen LogP contribution in [0.1, 0.15) is 24.6 Å². The Kier molecular flexibility index (Phi) is 4.43. The molecule has 6 nitrogen and oxygen atoms in total. The van der Waals surface area contributed by atoms with Gasteiger partial charge < -0.3 is 14.6 Å². The Morgan fingerprint density at radius 1 is 1.26 bits per heavy atom. The molecule has 1 aromatic carbocycles. The molecule has 0 aliphatic carbocycles. The number of rotatable bonds is 5. The maximum absolute atomic E-state index is 10.1. The topological polar surface area (TPSA) is 70.6 Å². The lowest BCUT2D eigenvalue weighted by Gasteiger charge is -2.26. The minimum Gasteiger partial charge on any atom is -0.502 e. The van der Waals surface area contributed by atoms with E-state index in [1.165, 1.54) is 25.5 Å². The standard InChI is InChI=1S/C17H23N3O3/c1-4-6-20-7-5-13-12(10-20)16(19-18-13)11-8-14(22-2)17(21)15(9-11)23-3/h8-9,21H,4-7,10H2,1-3H3,(H,18,19). The van der Waals surface area contributed by atoms with Gasteiger partial charge in [-0.2, -0.15) is 5.10 Å². The van der Waals surface area contributed by atoms with Crippen LogP contribution in [0.2, 0.25) is 0 Å². The number of aromatic nitrogens is 2. The highest BCUT2D eigenvalue weighted by atomic mass is 16.5. The molecule has 0 radical (unpaired) electrons. The highest BCUT2D eigenvalue weighted by Gasteiger charge is 2.23. The molecule has 0 saturated heterocycles. The number of phenolic OH excluding ortho intramolecular Hbond substituents is 1. The van der Waals surface area contributed by atoms with Gasteiger partial charge in [-0.3, -0.25) is 10.00 Å². The van der Waals surface area contributed by atoms with Crippen LogP contribution in [0.5, 0.6) is 17.2 Å². The maximum atomic E-state index is 10.1. The monoisotopic (exact) mass is 317 g/mol. The smallest absolute Gasteiger partial charge is 0.200 e. The summed E-state index contributed by atoms with van der Waals surface area (Å²) in [6, 6.07) is 3.60. The van der Waals surface area contributed by atoms with Gasteiger partial charge in [-0.15, -0.1) is 0 Å². The molecule has 1 aliphatic rings. The van der Waals surface area contributed by atoms with Crippen molar-refractivity contribution in [2.75, 3.05) is 27.3 Å². The van der Waals surface area contributed by atoms with Crippen LogP contribution in [0.15, 0.2) is 12.1 Å². The molecule has 23 heavy (non-hydrogen) atoms. The molecule has 2 heterocycles. The summed E-state index contributed by atoms with van der Waals surface area (Å²) in [4.78, 5) is 2.44. The van der Waals surface area contributed by atoms with E-state index >= 15 is 0 Å². The SMILES string of the molecule is CCCN1CCc2[nH]nc(-c3cc(OC)c(O)c(OC)c3)c2C1. The fourth-order valence-electron chi connectivity index (χ4n) is 3.13. The number of fused-ring (bicyclic) bond motifs is 1. The zero-order chi connectivity index (χ0) is 16.4. The predicted octanol–water partition coefficient (Wildman–Crippen LogP) is 2.57. The fraction of sp³-hybridized carbons (Fsp3) is 0.471. The number of nitrogens with one attached hydrogen (secondary N) is 1. The average Bonchev–Trinajstić information content (AvgIpc) is 2.98. The summed E-state index contributed by atoms with van der Waals surface area (Å²) in [7, 11) is 3.06. The van der Waals surface area contributed by atoms with E-state index in [-0.39, 0.29) is 5.75 Å². The first-order chi connectivity index (χ1) is 11.2. The first kappa shape index (κ1) is 15.7. The van der Waals surface area contributed by atoms with Gasteiger partial charge in [-0.25, -0.2) is 0 Å². The summed E-state index contributed by atoms with van der Waals surface area (Å²) in [6.07, 6.45) is 2.12. The van der Waals surface area contributed by atoms with E-state index < -0.39 is 0 Å². The summed E-state index contributed by atoms with van der Waals surface area (Å²) >= 11 is 0. The average molecular weight is 317 g/mol. The molecule has 0 amide bonds. The van der Waals surface area contributed by atoms with E-state index in [0.29, 0.717) is 11.5 Å². The Hall–Kier alpha value is -2.21. The van der Waals surface area contributed by atoms with Crippen molar-refractivity contribution in [2.45, 2.75) is 26.3 Å². The lowest BCUT2D eigenvalue weighted by atomic mass is 10.0. The lowest BCUT2D eigenvalue weighted by molar-refractivity contribution is 0.254. The number of hydrogen-bond donors (Lipinski definition) is 2. The lowest BCUT2D eigenvalue weighted by Crippen LogP contribution is -2.31. The van der Waals surface area contributed by atoms with Gasteiger partial charge >= 0.3 is 0 Å². The second kappa shape index (κ2) is 6.50. The van der Waals surface area contributed by atoms with Crippen LogP contribution in [0.3, 0.4) is 0 Å². The van der Waals surface area contributed by atoms with E-state index in [9.17, 15) is 5.11 Å². The second-order valence-electron chi connectivity index (χ2n) is 5.78. The highest BCUT2D eigenvalue weighted by molar-refractivity contribution is 5.71. The molecule has 1 aromatic heterocycles. The third-order valence-corrected chi connectivity index (χ3v) is 4.31. The first-order valence-electron chi connectivity index (χ1n) is 7.91. The number of ether oxygens (including phenoxy) is 2. The van der Waals surface area contributed by atoms with Gasteiger partial charge in [-0.05, 0) is 25.1 Å². The number of benzene rings is 1. The molecule has 2 N–H and O–H groups in total. The molecule has 0 bridgehead atoms. The third-order valence-electron chi connectivity index (χ3n) is 4.31. The van der Waals surface area contributed by atoms with E-state index in [4.69, 9.17) is 9.47 Å². The molecule has 0 saturated carbocycles. The fourth-order valence-corrected chi connectivity index (χ4v) is 3.13. The molecule has 2 aromatic rings. The van der Waals surface area contributed by atoms with Crippen LogP contribution in [0.25, 0.3) is 11.3 Å². The number of H-pyrrole nitrogens is 1. The van der Waals surface area contributed by atoms with E-state index in [2.05, 4.69) is 22.0 Å². The van der Waals surface area contributed by atoms with Crippen LogP contribution < -0.4 is 9.47 Å². The Balaban J connectivity index is 2.02. The first-order valence-corrected chi connectivity index (χ1v) is 7.91. The summed E-state index contributed by atoms with van der Waals surface area (Å²) in [5, 5.41) is 17.7. The van der Waals surface area contributed by atoms with Gasteiger partial charge in [-0.1, -0.05) is 6.92 Å². The Labute approximate surface area is 136 Å². The van der Waals surface area contributed by atoms with Crippen molar-refractivity contribution in [3.05, 3.63) is 23.4 Å². The number of phenols is 1. The molecule has 0 spiro atoms. The van der Waals surface area contributed by atoms with E-state index in [1.54, 1.807) is 12.1 Å². The van der Waals surface area contributed by atoms with Crippen molar-refractivity contribution in [3.63, 3.8) is 0 Å². The quantitative estimate of drug-likeness (QED) is 0.887. The molecule has 6 heteroatoms. The number of nitrogens with zero attached hydrogens (tertiary/aromatic N) is 2. The van der Waals surface area contributed by atoms with Crippen LogP contribution in [0, 0.1) is 0 Å². The zero-order valence-corrected chi connectivity index (χ0v) is 13.8. The number of aromatic amines is 1. The van der Waals surface area contributed by atoms with Crippen molar-refractivity contribution in [3.8, 4) is 28.5 Å². The van der Waals surface area contributed by atoms with Crippen molar-refractivity contribution < 1.29 is 14.6 Å². The largest absolute Gasteiger partial charge is 0.502 e. The van der Waals surface area contributed by atoms with Gasteiger partial charge in [0.2, 0.25) is 5.75 Å². The van der Waals surface area contributed by atoms with Gasteiger partial charge in [0.05, 0.1) is 19.9 Å². The second-order valence-corrected chi connectivity index (χ2v) is 5.78. The van der Waals surface area contributed by atoms with Gasteiger partial charge in [0.1, 0.15) is 0 Å². The van der Waals surface area contributed by atoms with Crippen molar-refractivity contribution in [2.24, 2.45) is 0 Å². The summed E-state index contributed by atoms with van der Waals surface area (Å²) in [6.45, 7) is 5.24. The highest BCUT2D eigenvalue weighted by Crippen LogP contribution is 2.41. The predicted molar refractivity (Wildman–Crippen MR) is 88.1 cm³/mol. The van der Waals surface area contributed by atoms with Gasteiger partial charge in [0, 0.05) is 36.3 Å². The Morgan fingerprint density at radius 3 is 2.57 bits per heavy atom. The normalized spacial score (nSPS) is 14.6. The number of hydrogen-bond acceptors (Lipinski definition) is 5. The molecule has 3 rings (SSSR count). The third kappa shape index (κ3) is 2.86. The molecule has 124 valence electrons. The maximum Gasteiger partial charge on any atom is 0.200 e. The molecule has 0 atom stereocenters. The van der Waals surface area contributed by atoms with E-state index in [0.717, 1.165) is 43.7 Å². The Bertz CT molecular complexity index is 671. The molecule has 0 fully saturated rings. The van der Waals surface area contributed by atoms with Crippen molar-refractivity contribution >= 4 is 0 Å². The van der Waals surface area contributed by atoms with Gasteiger partial charge in [0.25, 0.3) is 0 Å². The molecular weight excluding hydrogens is 294 g/mol. The summed E-state index contributed by atoms with van der Waals surface area (Å²) in [5.74, 6) is 0.783. The summed E-state index contributed by atoms with van der Waals surface area (Å²) < 4.78 is 10.5.